The van der Waals surface area contributed by atoms with Crippen LogP contribution in [0.3, 0.4) is 0 Å². The summed E-state index contributed by atoms with van der Waals surface area (Å²) in [5, 5.41) is 0. The molecule has 0 N–H and O–H groups in total. The highest BCUT2D eigenvalue weighted by Gasteiger charge is 2.29. The molecule has 1 aliphatic heterocycles. The predicted molar refractivity (Wildman–Crippen MR) is 104 cm³/mol. The van der Waals surface area contributed by atoms with E-state index in [0.717, 1.165) is 35.5 Å². The van der Waals surface area contributed by atoms with Crippen molar-refractivity contribution in [3.63, 3.8) is 0 Å². The number of carbonyl (C=O) groups excluding carboxylic acids is 1. The average Bonchev–Trinajstić information content (AvgIpc) is 3.07. The van der Waals surface area contributed by atoms with Gasteiger partial charge in [0.2, 0.25) is 5.91 Å². The second-order valence-electron chi connectivity index (χ2n) is 6.99. The highest BCUT2D eigenvalue weighted by molar-refractivity contribution is 5.85. The molecule has 5 heteroatoms. The van der Waals surface area contributed by atoms with E-state index in [0.29, 0.717) is 6.54 Å². The number of para-hydroxylation sites is 1. The standard InChI is InChI=1S/C21H27N3O2/c1-14-12-22-18(15(2)20(14)26-5)13-23(4)21(25)16(3)24-11-10-17-8-6-7-9-19(17)24/h6-9,12,16H,10-11,13H2,1-5H3. The summed E-state index contributed by atoms with van der Waals surface area (Å²) in [6.07, 6.45) is 2.80. The lowest BCUT2D eigenvalue weighted by molar-refractivity contribution is -0.131. The molecule has 3 rings (SSSR count). The third kappa shape index (κ3) is 3.26. The van der Waals surface area contributed by atoms with E-state index in [2.05, 4.69) is 28.1 Å². The van der Waals surface area contributed by atoms with Crippen molar-refractivity contribution >= 4 is 11.6 Å². The number of likely N-dealkylation sites (N-methyl/N-ethyl adjacent to an activating group) is 1. The summed E-state index contributed by atoms with van der Waals surface area (Å²) in [5.41, 5.74) is 5.36. The van der Waals surface area contributed by atoms with Crippen molar-refractivity contribution in [3.05, 3.63) is 52.8 Å². The number of hydrogen-bond donors (Lipinski definition) is 0. The summed E-state index contributed by atoms with van der Waals surface area (Å²) >= 11 is 0. The van der Waals surface area contributed by atoms with Gasteiger partial charge in [-0.25, -0.2) is 0 Å². The van der Waals surface area contributed by atoms with E-state index in [-0.39, 0.29) is 11.9 Å². The highest BCUT2D eigenvalue weighted by atomic mass is 16.5. The second kappa shape index (κ2) is 7.36. The van der Waals surface area contributed by atoms with Crippen LogP contribution in [0.5, 0.6) is 5.75 Å². The Morgan fingerprint density at radius 2 is 2.08 bits per heavy atom. The van der Waals surface area contributed by atoms with Gasteiger partial charge in [-0.2, -0.15) is 0 Å². The lowest BCUT2D eigenvalue weighted by Gasteiger charge is -2.30. The molecule has 2 heterocycles. The first kappa shape index (κ1) is 18.2. The molecule has 0 saturated carbocycles. The number of nitrogens with zero attached hydrogens (tertiary/aromatic N) is 3. The molecular formula is C21H27N3O2. The van der Waals surface area contributed by atoms with Gasteiger partial charge in [0.15, 0.2) is 0 Å². The fourth-order valence-electron chi connectivity index (χ4n) is 3.75. The fraction of sp³-hybridized carbons (Fsp3) is 0.429. The minimum atomic E-state index is -0.198. The number of amides is 1. The van der Waals surface area contributed by atoms with Crippen LogP contribution in [0.15, 0.2) is 30.5 Å². The molecule has 138 valence electrons. The third-order valence-corrected chi connectivity index (χ3v) is 5.26. The molecule has 1 aromatic carbocycles. The van der Waals surface area contributed by atoms with Crippen LogP contribution in [-0.2, 0) is 17.8 Å². The molecule has 2 aromatic rings. The maximum atomic E-state index is 13.0. The van der Waals surface area contributed by atoms with Crippen LogP contribution in [-0.4, -0.2) is 42.5 Å². The Morgan fingerprint density at radius 3 is 2.81 bits per heavy atom. The number of fused-ring (bicyclic) bond motifs is 1. The normalized spacial score (nSPS) is 14.1. The van der Waals surface area contributed by atoms with Gasteiger partial charge in [0.05, 0.1) is 19.3 Å². The zero-order valence-electron chi connectivity index (χ0n) is 16.2. The first-order chi connectivity index (χ1) is 12.4. The largest absolute Gasteiger partial charge is 0.496 e. The minimum Gasteiger partial charge on any atom is -0.496 e. The zero-order valence-corrected chi connectivity index (χ0v) is 16.2. The molecule has 0 spiro atoms. The number of hydrogen-bond acceptors (Lipinski definition) is 4. The van der Waals surface area contributed by atoms with Crippen LogP contribution in [0.25, 0.3) is 0 Å². The van der Waals surface area contributed by atoms with Crippen molar-refractivity contribution in [1.29, 1.82) is 0 Å². The van der Waals surface area contributed by atoms with Gasteiger partial charge in [-0.15, -0.1) is 0 Å². The summed E-state index contributed by atoms with van der Waals surface area (Å²) in [5.74, 6) is 0.944. The number of rotatable bonds is 5. The van der Waals surface area contributed by atoms with Gasteiger partial charge in [0.25, 0.3) is 0 Å². The molecule has 5 nitrogen and oxygen atoms in total. The van der Waals surface area contributed by atoms with Crippen molar-refractivity contribution in [2.24, 2.45) is 0 Å². The van der Waals surface area contributed by atoms with Crippen LogP contribution in [0, 0.1) is 13.8 Å². The molecule has 0 fully saturated rings. The second-order valence-corrected chi connectivity index (χ2v) is 6.99. The summed E-state index contributed by atoms with van der Waals surface area (Å²) in [4.78, 5) is 21.5. The number of anilines is 1. The van der Waals surface area contributed by atoms with Crippen LogP contribution in [0.1, 0.15) is 29.3 Å². The van der Waals surface area contributed by atoms with E-state index in [1.165, 1.54) is 11.3 Å². The van der Waals surface area contributed by atoms with Crippen molar-refractivity contribution in [1.82, 2.24) is 9.88 Å². The number of methoxy groups -OCH3 is 1. The Kier molecular flexibility index (Phi) is 5.16. The third-order valence-electron chi connectivity index (χ3n) is 5.26. The van der Waals surface area contributed by atoms with Crippen molar-refractivity contribution in [2.45, 2.75) is 39.8 Å². The molecule has 26 heavy (non-hydrogen) atoms. The van der Waals surface area contributed by atoms with E-state index in [1.807, 2.05) is 33.9 Å². The molecule has 1 atom stereocenters. The van der Waals surface area contributed by atoms with Crippen LogP contribution in [0.4, 0.5) is 5.69 Å². The maximum Gasteiger partial charge on any atom is 0.245 e. The van der Waals surface area contributed by atoms with Crippen LogP contribution < -0.4 is 9.64 Å². The van der Waals surface area contributed by atoms with Crippen LogP contribution >= 0.6 is 0 Å². The molecule has 1 unspecified atom stereocenters. The molecule has 1 aliphatic rings. The number of pyridine rings is 1. The van der Waals surface area contributed by atoms with E-state index in [1.54, 1.807) is 18.2 Å². The average molecular weight is 353 g/mol. The number of aromatic nitrogens is 1. The van der Waals surface area contributed by atoms with Gasteiger partial charge in [0.1, 0.15) is 11.8 Å². The lowest BCUT2D eigenvalue weighted by atomic mass is 10.1. The van der Waals surface area contributed by atoms with Gasteiger partial charge >= 0.3 is 0 Å². The molecule has 1 aromatic heterocycles. The van der Waals surface area contributed by atoms with Gasteiger partial charge in [-0.1, -0.05) is 18.2 Å². The Hall–Kier alpha value is -2.56. The monoisotopic (exact) mass is 353 g/mol. The number of benzene rings is 1. The summed E-state index contributed by atoms with van der Waals surface area (Å²) in [7, 11) is 3.51. The predicted octanol–water partition coefficient (Wildman–Crippen LogP) is 3.12. The van der Waals surface area contributed by atoms with E-state index in [9.17, 15) is 4.79 Å². The molecule has 0 aliphatic carbocycles. The van der Waals surface area contributed by atoms with E-state index < -0.39 is 0 Å². The number of aryl methyl sites for hydroxylation is 1. The zero-order chi connectivity index (χ0) is 18.8. The summed E-state index contributed by atoms with van der Waals surface area (Å²) in [6.45, 7) is 7.31. The van der Waals surface area contributed by atoms with Gasteiger partial charge in [-0.05, 0) is 38.8 Å². The number of ether oxygens (including phenoxy) is 1. The van der Waals surface area contributed by atoms with Gasteiger partial charge < -0.3 is 14.5 Å². The Labute approximate surface area is 155 Å². The van der Waals surface area contributed by atoms with Crippen molar-refractivity contribution < 1.29 is 9.53 Å². The van der Waals surface area contributed by atoms with E-state index in [4.69, 9.17) is 4.74 Å². The Bertz CT molecular complexity index is 819. The molecule has 0 radical (unpaired) electrons. The molecule has 0 saturated heterocycles. The van der Waals surface area contributed by atoms with Crippen molar-refractivity contribution in [2.75, 3.05) is 25.6 Å². The smallest absolute Gasteiger partial charge is 0.245 e. The lowest BCUT2D eigenvalue weighted by Crippen LogP contribution is -2.45. The maximum absolute atomic E-state index is 13.0. The first-order valence-corrected chi connectivity index (χ1v) is 9.02. The van der Waals surface area contributed by atoms with Gasteiger partial charge in [-0.3, -0.25) is 9.78 Å². The molecule has 0 bridgehead atoms. The Balaban J connectivity index is 1.75. The SMILES string of the molecule is COc1c(C)cnc(CN(C)C(=O)C(C)N2CCc3ccccc32)c1C. The van der Waals surface area contributed by atoms with E-state index >= 15 is 0 Å². The topological polar surface area (TPSA) is 45.7 Å². The summed E-state index contributed by atoms with van der Waals surface area (Å²) < 4.78 is 5.47. The molecular weight excluding hydrogens is 326 g/mol. The quantitative estimate of drug-likeness (QED) is 0.829. The minimum absolute atomic E-state index is 0.0995. The summed E-state index contributed by atoms with van der Waals surface area (Å²) in [6, 6.07) is 8.13. The fourth-order valence-corrected chi connectivity index (χ4v) is 3.75. The number of carbonyl (C=O) groups is 1. The first-order valence-electron chi connectivity index (χ1n) is 9.02. The van der Waals surface area contributed by atoms with Crippen LogP contribution in [0.2, 0.25) is 0 Å². The highest BCUT2D eigenvalue weighted by Crippen LogP contribution is 2.30. The van der Waals surface area contributed by atoms with Gasteiger partial charge in [0, 0.05) is 36.6 Å². The molecule has 1 amide bonds. The van der Waals surface area contributed by atoms with Crippen molar-refractivity contribution in [3.8, 4) is 5.75 Å². The Morgan fingerprint density at radius 1 is 1.35 bits per heavy atom.